The number of rotatable bonds is 7. The van der Waals surface area contributed by atoms with Gasteiger partial charge in [-0.15, -0.1) is 0 Å². The maximum absolute atomic E-state index is 12.1. The summed E-state index contributed by atoms with van der Waals surface area (Å²) in [5.74, 6) is 0.824. The molecule has 22 heavy (non-hydrogen) atoms. The van der Waals surface area contributed by atoms with Gasteiger partial charge in [-0.25, -0.2) is 4.79 Å². The topological polar surface area (TPSA) is 35.5 Å². The summed E-state index contributed by atoms with van der Waals surface area (Å²) in [5, 5.41) is 0. The summed E-state index contributed by atoms with van der Waals surface area (Å²) in [6.07, 6.45) is 4.72. The molecule has 0 heterocycles. The minimum atomic E-state index is -0.377. The predicted molar refractivity (Wildman–Crippen MR) is 87.6 cm³/mol. The molecule has 0 fully saturated rings. The Balaban J connectivity index is 1.96. The van der Waals surface area contributed by atoms with E-state index in [1.165, 1.54) is 24.8 Å². The summed E-state index contributed by atoms with van der Waals surface area (Å²) in [4.78, 5) is 12.1. The molecule has 0 aliphatic carbocycles. The van der Waals surface area contributed by atoms with Gasteiger partial charge in [-0.05, 0) is 48.7 Å². The van der Waals surface area contributed by atoms with Crippen LogP contribution >= 0.6 is 0 Å². The van der Waals surface area contributed by atoms with E-state index in [2.05, 4.69) is 6.92 Å². The molecule has 0 aliphatic heterocycles. The van der Waals surface area contributed by atoms with Gasteiger partial charge in [-0.2, -0.15) is 0 Å². The Hall–Kier alpha value is -2.29. The molecule has 3 heteroatoms. The first-order chi connectivity index (χ1) is 10.7. The monoisotopic (exact) mass is 298 g/mol. The van der Waals surface area contributed by atoms with Gasteiger partial charge in [0.05, 0.1) is 12.7 Å². The van der Waals surface area contributed by atoms with E-state index in [1.54, 1.807) is 31.4 Å². The molecular formula is C19H22O3. The number of esters is 1. The van der Waals surface area contributed by atoms with E-state index in [0.29, 0.717) is 17.1 Å². The van der Waals surface area contributed by atoms with E-state index in [-0.39, 0.29) is 5.97 Å². The average Bonchev–Trinajstić information content (AvgIpc) is 2.56. The molecule has 2 rings (SSSR count). The van der Waals surface area contributed by atoms with Crippen LogP contribution in [0.3, 0.4) is 0 Å². The molecule has 2 aromatic rings. The molecule has 0 atom stereocenters. The van der Waals surface area contributed by atoms with Crippen molar-refractivity contribution in [2.75, 3.05) is 7.11 Å². The largest absolute Gasteiger partial charge is 0.497 e. The van der Waals surface area contributed by atoms with Gasteiger partial charge < -0.3 is 9.47 Å². The first kappa shape index (κ1) is 16.1. The molecule has 0 aromatic heterocycles. The standard InChI is InChI=1S/C19H22O3/c1-3-4-5-7-15-10-12-17(13-11-15)22-19(20)16-8-6-9-18(14-16)21-2/h6,8-14H,3-5,7H2,1-2H3. The molecule has 116 valence electrons. The van der Waals surface area contributed by atoms with Crippen LogP contribution in [0, 0.1) is 0 Å². The highest BCUT2D eigenvalue weighted by Gasteiger charge is 2.09. The van der Waals surface area contributed by atoms with Gasteiger partial charge in [0.15, 0.2) is 0 Å². The number of benzene rings is 2. The van der Waals surface area contributed by atoms with E-state index in [9.17, 15) is 4.79 Å². The van der Waals surface area contributed by atoms with Crippen molar-refractivity contribution in [3.05, 3.63) is 59.7 Å². The van der Waals surface area contributed by atoms with Crippen molar-refractivity contribution in [2.24, 2.45) is 0 Å². The Morgan fingerprint density at radius 3 is 2.45 bits per heavy atom. The number of aryl methyl sites for hydroxylation is 1. The lowest BCUT2D eigenvalue weighted by molar-refractivity contribution is 0.0734. The minimum absolute atomic E-state index is 0.377. The third-order valence-electron chi connectivity index (χ3n) is 3.51. The Morgan fingerprint density at radius 1 is 1.00 bits per heavy atom. The highest BCUT2D eigenvalue weighted by molar-refractivity contribution is 5.91. The molecule has 0 unspecified atom stereocenters. The summed E-state index contributed by atoms with van der Waals surface area (Å²) < 4.78 is 10.5. The first-order valence-corrected chi connectivity index (χ1v) is 7.68. The van der Waals surface area contributed by atoms with E-state index < -0.39 is 0 Å². The molecule has 0 bridgehead atoms. The molecule has 0 radical (unpaired) electrons. The first-order valence-electron chi connectivity index (χ1n) is 7.68. The fourth-order valence-corrected chi connectivity index (χ4v) is 2.22. The predicted octanol–water partition coefficient (Wildman–Crippen LogP) is 4.65. The molecule has 3 nitrogen and oxygen atoms in total. The maximum atomic E-state index is 12.1. The number of carbonyl (C=O) groups is 1. The molecule has 0 N–H and O–H groups in total. The zero-order chi connectivity index (χ0) is 15.8. The Morgan fingerprint density at radius 2 is 1.77 bits per heavy atom. The smallest absolute Gasteiger partial charge is 0.343 e. The van der Waals surface area contributed by atoms with Gasteiger partial charge in [-0.3, -0.25) is 0 Å². The molecule has 0 saturated carbocycles. The Kier molecular flexibility index (Phi) is 6.01. The second kappa shape index (κ2) is 8.23. The van der Waals surface area contributed by atoms with Gasteiger partial charge in [0.2, 0.25) is 0 Å². The third-order valence-corrected chi connectivity index (χ3v) is 3.51. The van der Waals surface area contributed by atoms with Crippen molar-refractivity contribution in [1.82, 2.24) is 0 Å². The van der Waals surface area contributed by atoms with Crippen LogP contribution in [0.25, 0.3) is 0 Å². The van der Waals surface area contributed by atoms with Gasteiger partial charge in [0.1, 0.15) is 11.5 Å². The van der Waals surface area contributed by atoms with E-state index in [1.807, 2.05) is 24.3 Å². The number of ether oxygens (including phenoxy) is 2. The van der Waals surface area contributed by atoms with Crippen LogP contribution in [-0.2, 0) is 6.42 Å². The quantitative estimate of drug-likeness (QED) is 0.424. The van der Waals surface area contributed by atoms with Crippen LogP contribution in [0.15, 0.2) is 48.5 Å². The fraction of sp³-hybridized carbons (Fsp3) is 0.316. The highest BCUT2D eigenvalue weighted by atomic mass is 16.5. The lowest BCUT2D eigenvalue weighted by Crippen LogP contribution is -2.08. The van der Waals surface area contributed by atoms with Crippen molar-refractivity contribution >= 4 is 5.97 Å². The maximum Gasteiger partial charge on any atom is 0.343 e. The van der Waals surface area contributed by atoms with Crippen molar-refractivity contribution in [2.45, 2.75) is 32.6 Å². The van der Waals surface area contributed by atoms with Crippen molar-refractivity contribution in [1.29, 1.82) is 0 Å². The molecule has 0 amide bonds. The van der Waals surface area contributed by atoms with Crippen molar-refractivity contribution < 1.29 is 14.3 Å². The second-order valence-electron chi connectivity index (χ2n) is 5.22. The van der Waals surface area contributed by atoms with Crippen LogP contribution in [0.1, 0.15) is 42.1 Å². The lowest BCUT2D eigenvalue weighted by Gasteiger charge is -2.07. The van der Waals surface area contributed by atoms with Gasteiger partial charge >= 0.3 is 5.97 Å². The molecular weight excluding hydrogens is 276 g/mol. The van der Waals surface area contributed by atoms with Crippen LogP contribution in [-0.4, -0.2) is 13.1 Å². The number of unbranched alkanes of at least 4 members (excludes halogenated alkanes) is 2. The number of hydrogen-bond acceptors (Lipinski definition) is 3. The average molecular weight is 298 g/mol. The number of methoxy groups -OCH3 is 1. The van der Waals surface area contributed by atoms with Crippen molar-refractivity contribution in [3.63, 3.8) is 0 Å². The van der Waals surface area contributed by atoms with E-state index in [0.717, 1.165) is 6.42 Å². The van der Waals surface area contributed by atoms with Crippen molar-refractivity contribution in [3.8, 4) is 11.5 Å². The number of hydrogen-bond donors (Lipinski definition) is 0. The zero-order valence-electron chi connectivity index (χ0n) is 13.2. The molecule has 0 saturated heterocycles. The normalized spacial score (nSPS) is 10.3. The van der Waals surface area contributed by atoms with Gasteiger partial charge in [-0.1, -0.05) is 38.0 Å². The molecule has 2 aromatic carbocycles. The summed E-state index contributed by atoms with van der Waals surface area (Å²) in [6, 6.07) is 14.7. The van der Waals surface area contributed by atoms with Crippen LogP contribution in [0.2, 0.25) is 0 Å². The second-order valence-corrected chi connectivity index (χ2v) is 5.22. The highest BCUT2D eigenvalue weighted by Crippen LogP contribution is 2.18. The molecule has 0 aliphatic rings. The van der Waals surface area contributed by atoms with Crippen LogP contribution in [0.4, 0.5) is 0 Å². The third kappa shape index (κ3) is 4.62. The van der Waals surface area contributed by atoms with Gasteiger partial charge in [0, 0.05) is 0 Å². The fourth-order valence-electron chi connectivity index (χ4n) is 2.22. The van der Waals surface area contributed by atoms with Gasteiger partial charge in [0.25, 0.3) is 0 Å². The Bertz CT molecular complexity index is 602. The zero-order valence-corrected chi connectivity index (χ0v) is 13.2. The SMILES string of the molecule is CCCCCc1ccc(OC(=O)c2cccc(OC)c2)cc1. The lowest BCUT2D eigenvalue weighted by atomic mass is 10.1. The summed E-state index contributed by atoms with van der Waals surface area (Å²) in [6.45, 7) is 2.20. The summed E-state index contributed by atoms with van der Waals surface area (Å²) >= 11 is 0. The Labute approximate surface area is 131 Å². The van der Waals surface area contributed by atoms with E-state index >= 15 is 0 Å². The van der Waals surface area contributed by atoms with E-state index in [4.69, 9.17) is 9.47 Å². The molecule has 0 spiro atoms. The van der Waals surface area contributed by atoms with Crippen LogP contribution < -0.4 is 9.47 Å². The summed E-state index contributed by atoms with van der Waals surface area (Å²) in [5.41, 5.74) is 1.75. The number of carbonyl (C=O) groups excluding carboxylic acids is 1. The van der Waals surface area contributed by atoms with Crippen LogP contribution in [0.5, 0.6) is 11.5 Å². The summed E-state index contributed by atoms with van der Waals surface area (Å²) in [7, 11) is 1.57. The minimum Gasteiger partial charge on any atom is -0.497 e.